The number of amides is 2. The number of para-hydroxylation sites is 1. The molecule has 7 heteroatoms. The summed E-state index contributed by atoms with van der Waals surface area (Å²) in [4.78, 5) is 25.2. The van der Waals surface area contributed by atoms with Crippen molar-refractivity contribution in [3.05, 3.63) is 65.7 Å². The number of carbonyl (C=O) groups is 2. The van der Waals surface area contributed by atoms with Crippen molar-refractivity contribution >= 4 is 17.5 Å². The molecular formula is C23H29F2N3O2. The fourth-order valence-corrected chi connectivity index (χ4v) is 2.99. The maximum Gasteiger partial charge on any atom is 0.257 e. The normalized spacial score (nSPS) is 13.1. The molecule has 5 nitrogen and oxygen atoms in total. The smallest absolute Gasteiger partial charge is 0.257 e. The van der Waals surface area contributed by atoms with E-state index in [2.05, 4.69) is 16.0 Å². The lowest BCUT2D eigenvalue weighted by molar-refractivity contribution is -0.124. The molecule has 2 unspecified atom stereocenters. The summed E-state index contributed by atoms with van der Waals surface area (Å²) in [7, 11) is 0. The average molecular weight is 418 g/mol. The highest BCUT2D eigenvalue weighted by molar-refractivity contribution is 5.98. The first-order valence-corrected chi connectivity index (χ1v) is 10.0. The van der Waals surface area contributed by atoms with Crippen LogP contribution in [0.4, 0.5) is 14.5 Å². The molecule has 2 rings (SSSR count). The number of nitrogens with one attached hydrogen (secondary N) is 3. The maximum absolute atomic E-state index is 13.9. The van der Waals surface area contributed by atoms with Crippen LogP contribution in [0.1, 0.15) is 38.1 Å². The lowest BCUT2D eigenvalue weighted by Crippen LogP contribution is -2.52. The average Bonchev–Trinajstić information content (AvgIpc) is 2.69. The van der Waals surface area contributed by atoms with Crippen molar-refractivity contribution in [2.45, 2.75) is 39.8 Å². The van der Waals surface area contributed by atoms with Crippen molar-refractivity contribution in [3.8, 4) is 0 Å². The first-order valence-electron chi connectivity index (χ1n) is 10.0. The van der Waals surface area contributed by atoms with E-state index in [9.17, 15) is 18.4 Å². The van der Waals surface area contributed by atoms with E-state index in [1.807, 2.05) is 44.2 Å². The summed E-state index contributed by atoms with van der Waals surface area (Å²) in [6.07, 6.45) is 0. The van der Waals surface area contributed by atoms with Gasteiger partial charge in [0.25, 0.3) is 5.91 Å². The van der Waals surface area contributed by atoms with Crippen molar-refractivity contribution in [1.29, 1.82) is 0 Å². The third-order valence-corrected chi connectivity index (χ3v) is 4.85. The molecule has 0 saturated carbocycles. The van der Waals surface area contributed by atoms with Gasteiger partial charge in [-0.05, 0) is 36.1 Å². The third-order valence-electron chi connectivity index (χ3n) is 4.85. The van der Waals surface area contributed by atoms with Crippen molar-refractivity contribution in [2.24, 2.45) is 11.8 Å². The van der Waals surface area contributed by atoms with Crippen LogP contribution in [0.3, 0.4) is 0 Å². The summed E-state index contributed by atoms with van der Waals surface area (Å²) in [6.45, 7) is 7.91. The number of hydrogen-bond acceptors (Lipinski definition) is 3. The SMILES string of the molecule is CC(C)C(CNC(=O)C(NC(=O)c1c(F)cccc1F)C(C)C)Nc1ccccc1. The van der Waals surface area contributed by atoms with Gasteiger partial charge in [0.05, 0.1) is 0 Å². The van der Waals surface area contributed by atoms with Gasteiger partial charge in [-0.1, -0.05) is 52.0 Å². The van der Waals surface area contributed by atoms with E-state index < -0.39 is 35.1 Å². The van der Waals surface area contributed by atoms with Crippen LogP contribution in [0, 0.1) is 23.5 Å². The molecule has 0 fully saturated rings. The minimum atomic E-state index is -0.970. The van der Waals surface area contributed by atoms with Gasteiger partial charge in [0.2, 0.25) is 5.91 Å². The van der Waals surface area contributed by atoms with Gasteiger partial charge in [0.15, 0.2) is 0 Å². The standard InChI is InChI=1S/C23H29F2N3O2/c1-14(2)19(27-16-9-6-5-7-10-16)13-26-23(30)21(15(3)4)28-22(29)20-17(24)11-8-12-18(20)25/h5-12,14-15,19,21,27H,13H2,1-4H3,(H,26,30)(H,28,29). The number of hydrogen-bond donors (Lipinski definition) is 3. The molecule has 2 aromatic rings. The topological polar surface area (TPSA) is 70.2 Å². The molecule has 0 aliphatic rings. The van der Waals surface area contributed by atoms with Crippen molar-refractivity contribution < 1.29 is 18.4 Å². The van der Waals surface area contributed by atoms with Gasteiger partial charge in [-0.25, -0.2) is 8.78 Å². The molecular weight excluding hydrogens is 388 g/mol. The minimum Gasteiger partial charge on any atom is -0.380 e. The van der Waals surface area contributed by atoms with Crippen molar-refractivity contribution in [3.63, 3.8) is 0 Å². The van der Waals surface area contributed by atoms with Gasteiger partial charge in [-0.3, -0.25) is 9.59 Å². The summed E-state index contributed by atoms with van der Waals surface area (Å²) in [5, 5.41) is 8.70. The van der Waals surface area contributed by atoms with Gasteiger partial charge < -0.3 is 16.0 Å². The molecule has 2 atom stereocenters. The van der Waals surface area contributed by atoms with Gasteiger partial charge in [0.1, 0.15) is 23.2 Å². The molecule has 0 aliphatic carbocycles. The molecule has 0 spiro atoms. The number of rotatable bonds is 9. The van der Waals surface area contributed by atoms with Crippen molar-refractivity contribution in [1.82, 2.24) is 10.6 Å². The zero-order chi connectivity index (χ0) is 22.3. The Bertz CT molecular complexity index is 837. The van der Waals surface area contributed by atoms with E-state index >= 15 is 0 Å². The number of anilines is 1. The molecule has 0 bridgehead atoms. The highest BCUT2D eigenvalue weighted by Gasteiger charge is 2.28. The predicted molar refractivity (Wildman–Crippen MR) is 114 cm³/mol. The molecule has 162 valence electrons. The van der Waals surface area contributed by atoms with Gasteiger partial charge in [0, 0.05) is 18.3 Å². The minimum absolute atomic E-state index is 0.0381. The van der Waals surface area contributed by atoms with E-state index in [4.69, 9.17) is 0 Å². The van der Waals surface area contributed by atoms with Crippen LogP contribution in [0.5, 0.6) is 0 Å². The molecule has 0 heterocycles. The Morgan fingerprint density at radius 3 is 2.00 bits per heavy atom. The second-order valence-corrected chi connectivity index (χ2v) is 7.90. The number of benzene rings is 2. The molecule has 0 aromatic heterocycles. The Balaban J connectivity index is 2.04. The van der Waals surface area contributed by atoms with E-state index in [1.54, 1.807) is 13.8 Å². The zero-order valence-electron chi connectivity index (χ0n) is 17.7. The number of halogens is 2. The second kappa shape index (κ2) is 10.7. The molecule has 30 heavy (non-hydrogen) atoms. The first-order chi connectivity index (χ1) is 14.2. The number of carbonyl (C=O) groups excluding carboxylic acids is 2. The summed E-state index contributed by atoms with van der Waals surface area (Å²) >= 11 is 0. The molecule has 3 N–H and O–H groups in total. The Morgan fingerprint density at radius 1 is 0.867 bits per heavy atom. The van der Waals surface area contributed by atoms with Crippen LogP contribution < -0.4 is 16.0 Å². The molecule has 2 amide bonds. The van der Waals surface area contributed by atoms with Crippen LogP contribution >= 0.6 is 0 Å². The van der Waals surface area contributed by atoms with Crippen LogP contribution in [0.2, 0.25) is 0 Å². The molecule has 0 saturated heterocycles. The van der Waals surface area contributed by atoms with Crippen LogP contribution in [-0.4, -0.2) is 30.4 Å². The van der Waals surface area contributed by atoms with Gasteiger partial charge in [-0.15, -0.1) is 0 Å². The summed E-state index contributed by atoms with van der Waals surface area (Å²) < 4.78 is 27.8. The Kier molecular flexibility index (Phi) is 8.33. The lowest BCUT2D eigenvalue weighted by Gasteiger charge is -2.27. The Morgan fingerprint density at radius 2 is 1.47 bits per heavy atom. The predicted octanol–water partition coefficient (Wildman–Crippen LogP) is 3.97. The van der Waals surface area contributed by atoms with Crippen LogP contribution in [0.15, 0.2) is 48.5 Å². The summed E-state index contributed by atoms with van der Waals surface area (Å²) in [5.41, 5.74) is 0.246. The zero-order valence-corrected chi connectivity index (χ0v) is 17.7. The van der Waals surface area contributed by atoms with Gasteiger partial charge in [-0.2, -0.15) is 0 Å². The van der Waals surface area contributed by atoms with E-state index in [0.29, 0.717) is 6.54 Å². The van der Waals surface area contributed by atoms with E-state index in [1.165, 1.54) is 6.07 Å². The molecule has 0 radical (unpaired) electrons. The summed E-state index contributed by atoms with van der Waals surface area (Å²) in [6, 6.07) is 11.9. The molecule has 0 aliphatic heterocycles. The lowest BCUT2D eigenvalue weighted by atomic mass is 10.0. The highest BCUT2D eigenvalue weighted by Crippen LogP contribution is 2.14. The van der Waals surface area contributed by atoms with Gasteiger partial charge >= 0.3 is 0 Å². The Hall–Kier alpha value is -2.96. The maximum atomic E-state index is 13.9. The van der Waals surface area contributed by atoms with Crippen LogP contribution in [-0.2, 0) is 4.79 Å². The third kappa shape index (κ3) is 6.27. The van der Waals surface area contributed by atoms with E-state index in [0.717, 1.165) is 17.8 Å². The summed E-state index contributed by atoms with van der Waals surface area (Å²) in [5.74, 6) is -3.35. The first kappa shape index (κ1) is 23.3. The fraction of sp³-hybridized carbons (Fsp3) is 0.391. The second-order valence-electron chi connectivity index (χ2n) is 7.90. The molecule has 2 aromatic carbocycles. The quantitative estimate of drug-likeness (QED) is 0.578. The largest absolute Gasteiger partial charge is 0.380 e. The highest BCUT2D eigenvalue weighted by atomic mass is 19.1. The fourth-order valence-electron chi connectivity index (χ4n) is 2.99. The Labute approximate surface area is 176 Å². The monoisotopic (exact) mass is 417 g/mol. The van der Waals surface area contributed by atoms with Crippen molar-refractivity contribution in [2.75, 3.05) is 11.9 Å². The van der Waals surface area contributed by atoms with Crippen LogP contribution in [0.25, 0.3) is 0 Å². The van der Waals surface area contributed by atoms with E-state index in [-0.39, 0.29) is 17.9 Å².